The van der Waals surface area contributed by atoms with E-state index in [4.69, 9.17) is 25.8 Å². The van der Waals surface area contributed by atoms with E-state index in [0.717, 1.165) is 49.4 Å². The maximum Gasteiger partial charge on any atom is 0.287 e. The molecule has 1 spiro atoms. The zero-order chi connectivity index (χ0) is 32.7. The van der Waals surface area contributed by atoms with Crippen LogP contribution in [0.2, 0.25) is 5.02 Å². The number of methoxy groups -OCH3 is 1. The van der Waals surface area contributed by atoms with Gasteiger partial charge >= 0.3 is 0 Å². The predicted octanol–water partition coefficient (Wildman–Crippen LogP) is 6.01. The first-order valence-corrected chi connectivity index (χ1v) is 18.1. The highest BCUT2D eigenvalue weighted by atomic mass is 35.5. The number of aryl methyl sites for hydroxylation is 1. The Morgan fingerprint density at radius 2 is 2.04 bits per heavy atom. The van der Waals surface area contributed by atoms with Crippen LogP contribution in [0.15, 0.2) is 57.8 Å². The van der Waals surface area contributed by atoms with Crippen LogP contribution in [0.5, 0.6) is 5.75 Å². The van der Waals surface area contributed by atoms with Crippen LogP contribution in [0.3, 0.4) is 0 Å². The van der Waals surface area contributed by atoms with Gasteiger partial charge < -0.3 is 19.1 Å². The van der Waals surface area contributed by atoms with Gasteiger partial charge in [-0.2, -0.15) is 0 Å². The maximum atomic E-state index is 14.6. The number of carbonyl (C=O) groups excluding carboxylic acids is 2. The fraction of sp³-hybridized carbons (Fsp3) is 0.543. The Labute approximate surface area is 277 Å². The predicted molar refractivity (Wildman–Crippen MR) is 179 cm³/mol. The first-order valence-electron chi connectivity index (χ1n) is 16.2. The van der Waals surface area contributed by atoms with Crippen molar-refractivity contribution in [1.82, 2.24) is 4.72 Å². The number of amides is 2. The smallest absolute Gasteiger partial charge is 0.287 e. The van der Waals surface area contributed by atoms with Gasteiger partial charge in [0.1, 0.15) is 11.4 Å². The molecule has 2 aliphatic heterocycles. The highest BCUT2D eigenvalue weighted by molar-refractivity contribution is 7.92. The first kappa shape index (κ1) is 33.0. The number of hydrogen-bond donors (Lipinski definition) is 1. The Kier molecular flexibility index (Phi) is 9.28. The molecule has 2 aromatic rings. The Bertz CT molecular complexity index is 1670. The van der Waals surface area contributed by atoms with Crippen LogP contribution in [-0.4, -0.2) is 61.1 Å². The molecule has 0 unspecified atom stereocenters. The normalized spacial score (nSPS) is 31.3. The number of fused-ring (bicyclic) bond motifs is 4. The van der Waals surface area contributed by atoms with Gasteiger partial charge in [0.05, 0.1) is 29.9 Å². The molecule has 9 nitrogen and oxygen atoms in total. The van der Waals surface area contributed by atoms with Gasteiger partial charge in [-0.15, -0.1) is 4.36 Å². The fourth-order valence-electron chi connectivity index (χ4n) is 7.29. The summed E-state index contributed by atoms with van der Waals surface area (Å²) in [7, 11) is -1.98. The molecule has 2 aliphatic carbocycles. The van der Waals surface area contributed by atoms with E-state index < -0.39 is 27.3 Å². The van der Waals surface area contributed by atoms with E-state index in [1.54, 1.807) is 46.1 Å². The van der Waals surface area contributed by atoms with Crippen LogP contribution < -0.4 is 14.4 Å². The number of anilines is 1. The van der Waals surface area contributed by atoms with E-state index in [1.165, 1.54) is 11.1 Å². The van der Waals surface area contributed by atoms with E-state index in [0.29, 0.717) is 30.7 Å². The van der Waals surface area contributed by atoms with Crippen molar-refractivity contribution in [1.29, 1.82) is 0 Å². The summed E-state index contributed by atoms with van der Waals surface area (Å²) in [6.45, 7) is 6.92. The SMILES string of the molecule is CCC(=O)N[S@]1(=O)=NC(=O)C(C)(C)OC/C=C/[C@@H](OC)[C@@H]2CC[C@H]2CN2C[C@@]3(CCCc4cc(Cl)ccc43)COc3ccc1cc32. The molecular weight excluding hydrogens is 626 g/mol. The number of carbonyl (C=O) groups is 2. The molecule has 1 saturated carbocycles. The standard InChI is InChI=1S/C35H44ClN3O6S/c1-5-32(40)37-46(42)26-12-15-31-29(19-26)39(21-35(22-44-31)16-6-8-23-18-25(36)11-14-28(23)35)20-24-10-13-27(24)30(43-4)9-7-17-45-34(2,3)33(41)38-46/h7,9,11-12,14-15,18-19,24,27,30H,5-6,8,10,13,16-17,20-22H2,1-4H3,(H,37,38,40,41,42)/b9-7+/t24-,27+,30+,35-,46-/m0/s1. The van der Waals surface area contributed by atoms with Crippen molar-refractivity contribution in [3.63, 3.8) is 0 Å². The molecule has 5 atom stereocenters. The first-order chi connectivity index (χ1) is 22.0. The quantitative estimate of drug-likeness (QED) is 0.399. The molecule has 0 radical (unpaired) electrons. The summed E-state index contributed by atoms with van der Waals surface area (Å²) in [5.41, 5.74) is 1.62. The zero-order valence-corrected chi connectivity index (χ0v) is 28.6. The number of rotatable bonds is 3. The van der Waals surface area contributed by atoms with E-state index in [9.17, 15) is 13.8 Å². The molecule has 1 N–H and O–H groups in total. The third-order valence-corrected chi connectivity index (χ3v) is 12.2. The third-order valence-electron chi connectivity index (χ3n) is 10.1. The molecule has 2 aromatic carbocycles. The number of nitrogens with one attached hydrogen (secondary N) is 1. The van der Waals surface area contributed by atoms with Crippen LogP contribution in [-0.2, 0) is 40.8 Å². The minimum Gasteiger partial charge on any atom is -0.490 e. The highest BCUT2D eigenvalue weighted by Crippen LogP contribution is 2.47. The second kappa shape index (κ2) is 12.9. The number of nitrogens with zero attached hydrogens (tertiary/aromatic N) is 2. The maximum absolute atomic E-state index is 14.6. The summed E-state index contributed by atoms with van der Waals surface area (Å²) in [5.74, 6) is 0.114. The van der Waals surface area contributed by atoms with E-state index in [2.05, 4.69) is 26.1 Å². The number of benzene rings is 2. The average molecular weight is 670 g/mol. The van der Waals surface area contributed by atoms with Gasteiger partial charge in [0.15, 0.2) is 9.92 Å². The molecule has 6 rings (SSSR count). The number of ether oxygens (including phenoxy) is 3. The molecule has 4 aliphatic rings. The van der Waals surface area contributed by atoms with Gasteiger partial charge in [0.2, 0.25) is 5.91 Å². The Hall–Kier alpha value is -2.92. The van der Waals surface area contributed by atoms with Crippen LogP contribution >= 0.6 is 11.6 Å². The Morgan fingerprint density at radius 1 is 1.22 bits per heavy atom. The lowest BCUT2D eigenvalue weighted by Crippen LogP contribution is -2.49. The monoisotopic (exact) mass is 669 g/mol. The minimum absolute atomic E-state index is 0.0846. The van der Waals surface area contributed by atoms with Crippen LogP contribution in [0.4, 0.5) is 5.69 Å². The second-order valence-electron chi connectivity index (χ2n) is 13.5. The summed E-state index contributed by atoms with van der Waals surface area (Å²) in [6.07, 6.45) is 8.92. The van der Waals surface area contributed by atoms with Gasteiger partial charge in [-0.25, -0.2) is 4.21 Å². The summed E-state index contributed by atoms with van der Waals surface area (Å²) >= 11 is 6.44. The van der Waals surface area contributed by atoms with Crippen molar-refractivity contribution in [2.45, 2.75) is 81.3 Å². The summed E-state index contributed by atoms with van der Waals surface area (Å²) in [6, 6.07) is 11.4. The van der Waals surface area contributed by atoms with Crippen molar-refractivity contribution >= 4 is 39.0 Å². The van der Waals surface area contributed by atoms with Crippen LogP contribution in [0.1, 0.15) is 64.0 Å². The Morgan fingerprint density at radius 3 is 2.78 bits per heavy atom. The molecule has 46 heavy (non-hydrogen) atoms. The van der Waals surface area contributed by atoms with Crippen molar-refractivity contribution in [2.75, 3.05) is 38.3 Å². The van der Waals surface area contributed by atoms with Crippen LogP contribution in [0.25, 0.3) is 0 Å². The zero-order valence-electron chi connectivity index (χ0n) is 27.1. The number of hydrogen-bond acceptors (Lipinski definition) is 7. The van der Waals surface area contributed by atoms with Gasteiger partial charge in [-0.1, -0.05) is 36.7 Å². The van der Waals surface area contributed by atoms with E-state index in [-0.39, 0.29) is 29.4 Å². The molecule has 2 heterocycles. The largest absolute Gasteiger partial charge is 0.490 e. The number of halogens is 1. The van der Waals surface area contributed by atoms with Gasteiger partial charge in [0, 0.05) is 37.1 Å². The minimum atomic E-state index is -3.71. The lowest BCUT2D eigenvalue weighted by molar-refractivity contribution is -0.137. The van der Waals surface area contributed by atoms with Gasteiger partial charge in [0.25, 0.3) is 5.91 Å². The second-order valence-corrected chi connectivity index (χ2v) is 15.8. The lowest BCUT2D eigenvalue weighted by Gasteiger charge is -2.46. The summed E-state index contributed by atoms with van der Waals surface area (Å²) in [5, 5.41) is 0.731. The van der Waals surface area contributed by atoms with Crippen molar-refractivity contribution in [3.05, 3.63) is 64.7 Å². The topological polar surface area (TPSA) is 107 Å². The third kappa shape index (κ3) is 6.33. The lowest BCUT2D eigenvalue weighted by atomic mass is 9.68. The summed E-state index contributed by atoms with van der Waals surface area (Å²) in [4.78, 5) is 28.8. The fourth-order valence-corrected chi connectivity index (χ4v) is 9.19. The van der Waals surface area contributed by atoms with Gasteiger partial charge in [-0.05, 0) is 99.2 Å². The molecule has 0 saturated heterocycles. The van der Waals surface area contributed by atoms with Gasteiger partial charge in [-0.3, -0.25) is 14.3 Å². The molecule has 2 amide bonds. The molecule has 1 fully saturated rings. The van der Waals surface area contributed by atoms with Crippen molar-refractivity contribution in [2.24, 2.45) is 16.2 Å². The molecule has 2 bridgehead atoms. The van der Waals surface area contributed by atoms with E-state index in [1.807, 2.05) is 18.2 Å². The molecule has 0 aromatic heterocycles. The van der Waals surface area contributed by atoms with E-state index >= 15 is 0 Å². The van der Waals surface area contributed by atoms with Crippen molar-refractivity contribution < 1.29 is 28.0 Å². The average Bonchev–Trinajstić information content (AvgIpc) is 3.16. The molecular formula is C35H44ClN3O6S. The molecule has 248 valence electrons. The molecule has 11 heteroatoms. The Balaban J connectivity index is 1.51. The van der Waals surface area contributed by atoms with Crippen LogP contribution in [0, 0.1) is 11.8 Å². The van der Waals surface area contributed by atoms with Crippen molar-refractivity contribution in [3.8, 4) is 5.75 Å². The highest BCUT2D eigenvalue weighted by Gasteiger charge is 2.44. The summed E-state index contributed by atoms with van der Waals surface area (Å²) < 4.78 is 39.9.